The van der Waals surface area contributed by atoms with Gasteiger partial charge in [0, 0.05) is 18.0 Å². The van der Waals surface area contributed by atoms with E-state index in [0.717, 1.165) is 4.70 Å². The summed E-state index contributed by atoms with van der Waals surface area (Å²) in [7, 11) is 0. The van der Waals surface area contributed by atoms with Crippen LogP contribution < -0.4 is 10.6 Å². The van der Waals surface area contributed by atoms with E-state index in [4.69, 9.17) is 0 Å². The largest absolute Gasteiger partial charge is 0.481 e. The molecule has 1 saturated carbocycles. The Bertz CT molecular complexity index is 1190. The minimum Gasteiger partial charge on any atom is -0.481 e. The van der Waals surface area contributed by atoms with E-state index in [-0.39, 0.29) is 23.6 Å². The van der Waals surface area contributed by atoms with E-state index in [2.05, 4.69) is 20.6 Å². The van der Waals surface area contributed by atoms with Gasteiger partial charge in [-0.15, -0.1) is 0 Å². The lowest BCUT2D eigenvalue weighted by Gasteiger charge is -2.23. The number of aromatic nitrogens is 2. The van der Waals surface area contributed by atoms with Gasteiger partial charge in [-0.05, 0) is 42.5 Å². The number of carboxylic acids is 1. The molecule has 9 heteroatoms. The van der Waals surface area contributed by atoms with Crippen molar-refractivity contribution >= 4 is 50.1 Å². The first-order valence-electron chi connectivity index (χ1n) is 9.49. The molecule has 1 amide bonds. The van der Waals surface area contributed by atoms with Gasteiger partial charge in [-0.2, -0.15) is 0 Å². The smallest absolute Gasteiger partial charge is 0.307 e. The Balaban J connectivity index is 1.35. The van der Waals surface area contributed by atoms with Gasteiger partial charge in [0.2, 0.25) is 5.91 Å². The van der Waals surface area contributed by atoms with Crippen molar-refractivity contribution in [2.45, 2.75) is 6.42 Å². The molecule has 30 heavy (non-hydrogen) atoms. The van der Waals surface area contributed by atoms with Crippen molar-refractivity contribution in [3.63, 3.8) is 0 Å². The third-order valence-electron chi connectivity index (χ3n) is 5.66. The average Bonchev–Trinajstić information content (AvgIpc) is 3.41. The molecular weight excluding hydrogens is 407 g/mol. The summed E-state index contributed by atoms with van der Waals surface area (Å²) in [5.41, 5.74) is 1.42. The van der Waals surface area contributed by atoms with Crippen LogP contribution in [0.5, 0.6) is 0 Å². The first-order valence-corrected chi connectivity index (χ1v) is 10.3. The molecule has 4 atom stereocenters. The lowest BCUT2D eigenvalue weighted by atomic mass is 9.82. The fraction of sp³-hybridized carbons (Fsp3) is 0.238. The van der Waals surface area contributed by atoms with Crippen molar-refractivity contribution in [3.05, 3.63) is 54.5 Å². The molecule has 0 aliphatic heterocycles. The molecule has 3 N–H and O–H groups in total. The molecule has 2 heterocycles. The molecule has 2 aromatic heterocycles. The quantitative estimate of drug-likeness (QED) is 0.534. The molecule has 2 aliphatic carbocycles. The molecule has 2 unspecified atom stereocenters. The molecule has 2 bridgehead atoms. The second-order valence-corrected chi connectivity index (χ2v) is 8.54. The maximum atomic E-state index is 13.3. The Morgan fingerprint density at radius 2 is 1.93 bits per heavy atom. The van der Waals surface area contributed by atoms with Crippen molar-refractivity contribution in [1.82, 2.24) is 9.97 Å². The van der Waals surface area contributed by atoms with Crippen LogP contribution in [0.4, 0.5) is 21.0 Å². The Kier molecular flexibility index (Phi) is 4.47. The Labute approximate surface area is 174 Å². The van der Waals surface area contributed by atoms with E-state index < -0.39 is 17.8 Å². The van der Waals surface area contributed by atoms with E-state index in [0.29, 0.717) is 28.6 Å². The van der Waals surface area contributed by atoms with Gasteiger partial charge in [0.05, 0.1) is 22.1 Å². The number of nitrogens with zero attached hydrogens (tertiary/aromatic N) is 2. The minimum absolute atomic E-state index is 0.0416. The predicted molar refractivity (Wildman–Crippen MR) is 111 cm³/mol. The van der Waals surface area contributed by atoms with Crippen molar-refractivity contribution < 1.29 is 19.1 Å². The van der Waals surface area contributed by atoms with Crippen molar-refractivity contribution in [3.8, 4) is 0 Å². The third kappa shape index (κ3) is 3.30. The molecule has 3 aromatic rings. The fourth-order valence-electron chi connectivity index (χ4n) is 4.38. The number of pyridine rings is 1. The first kappa shape index (κ1) is 18.7. The number of aliphatic carboxylic acids is 1. The summed E-state index contributed by atoms with van der Waals surface area (Å²) in [6.45, 7) is 0. The number of hydrogen-bond acceptors (Lipinski definition) is 6. The topological polar surface area (TPSA) is 104 Å². The molecule has 0 radical (unpaired) electrons. The van der Waals surface area contributed by atoms with Crippen LogP contribution in [0.25, 0.3) is 10.2 Å². The summed E-state index contributed by atoms with van der Waals surface area (Å²) in [6.07, 6.45) is 5.95. The van der Waals surface area contributed by atoms with E-state index in [1.807, 2.05) is 18.2 Å². The van der Waals surface area contributed by atoms with Crippen LogP contribution in [-0.4, -0.2) is 27.0 Å². The summed E-state index contributed by atoms with van der Waals surface area (Å²) in [5, 5.41) is 15.8. The van der Waals surface area contributed by atoms with Crippen LogP contribution in [0.2, 0.25) is 0 Å². The Hall–Kier alpha value is -3.33. The van der Waals surface area contributed by atoms with Crippen molar-refractivity contribution in [2.75, 3.05) is 10.6 Å². The van der Waals surface area contributed by atoms with Crippen LogP contribution in [0, 0.1) is 29.5 Å². The summed E-state index contributed by atoms with van der Waals surface area (Å²) in [6, 6.07) is 8.00. The van der Waals surface area contributed by atoms with Crippen LogP contribution in [0.3, 0.4) is 0 Å². The highest BCUT2D eigenvalue weighted by molar-refractivity contribution is 7.22. The number of carboxylic acid groups (broad SMARTS) is 1. The normalized spacial score (nSPS) is 24.3. The number of carbonyl (C=O) groups excluding carboxylic acids is 1. The number of rotatable bonds is 5. The first-order chi connectivity index (χ1) is 14.5. The highest BCUT2D eigenvalue weighted by Crippen LogP contribution is 2.48. The lowest BCUT2D eigenvalue weighted by molar-refractivity contribution is -0.146. The molecule has 1 fully saturated rings. The van der Waals surface area contributed by atoms with Gasteiger partial charge in [-0.25, -0.2) is 14.4 Å². The van der Waals surface area contributed by atoms with E-state index in [1.165, 1.54) is 29.7 Å². The summed E-state index contributed by atoms with van der Waals surface area (Å²) < 4.78 is 14.2. The van der Waals surface area contributed by atoms with Gasteiger partial charge < -0.3 is 15.7 Å². The molecule has 5 rings (SSSR count). The zero-order chi connectivity index (χ0) is 20.8. The van der Waals surface area contributed by atoms with Gasteiger partial charge in [-0.3, -0.25) is 9.59 Å². The third-order valence-corrected chi connectivity index (χ3v) is 6.59. The van der Waals surface area contributed by atoms with E-state index in [1.54, 1.807) is 12.1 Å². The van der Waals surface area contributed by atoms with Crippen LogP contribution in [0.15, 0.2) is 48.7 Å². The zero-order valence-corrected chi connectivity index (χ0v) is 16.4. The molecule has 2 aliphatic rings. The number of anilines is 3. The zero-order valence-electron chi connectivity index (χ0n) is 15.6. The fourth-order valence-corrected chi connectivity index (χ4v) is 5.29. The molecule has 1 aromatic carbocycles. The summed E-state index contributed by atoms with van der Waals surface area (Å²) in [4.78, 5) is 33.0. The Morgan fingerprint density at radius 3 is 2.70 bits per heavy atom. The molecule has 7 nitrogen and oxygen atoms in total. The maximum Gasteiger partial charge on any atom is 0.307 e. The van der Waals surface area contributed by atoms with Crippen molar-refractivity contribution in [2.24, 2.45) is 23.7 Å². The number of fused-ring (bicyclic) bond motifs is 3. The highest BCUT2D eigenvalue weighted by atomic mass is 32.1. The molecule has 152 valence electrons. The number of thiazole rings is 1. The second kappa shape index (κ2) is 7.17. The SMILES string of the molecule is O=C(Nc1nc2ccc(Nc3cc(F)ccn3)cc2s1)[C@@H]1C2C=CC(C2)[C@@H]1C(=O)O. The number of carbonyl (C=O) groups is 2. The van der Waals surface area contributed by atoms with E-state index >= 15 is 0 Å². The lowest BCUT2D eigenvalue weighted by Crippen LogP contribution is -2.36. The highest BCUT2D eigenvalue weighted by Gasteiger charge is 2.51. The van der Waals surface area contributed by atoms with Crippen LogP contribution >= 0.6 is 11.3 Å². The average molecular weight is 424 g/mol. The molecule has 0 spiro atoms. The standard InChI is InChI=1S/C21H17FN4O3S/c22-12-5-6-23-16(8-12)24-13-3-4-14-15(9-13)30-21(25-14)26-19(27)17-10-1-2-11(7-10)18(17)20(28)29/h1-6,8-11,17-18H,7H2,(H,23,24)(H,28,29)(H,25,26,27)/t10?,11?,17-,18+/m1/s1. The Morgan fingerprint density at radius 1 is 1.13 bits per heavy atom. The summed E-state index contributed by atoms with van der Waals surface area (Å²) >= 11 is 1.30. The van der Waals surface area contributed by atoms with Crippen molar-refractivity contribution in [1.29, 1.82) is 0 Å². The molecule has 0 saturated heterocycles. The van der Waals surface area contributed by atoms with Gasteiger partial charge in [0.1, 0.15) is 11.6 Å². The van der Waals surface area contributed by atoms with Gasteiger partial charge in [0.25, 0.3) is 0 Å². The summed E-state index contributed by atoms with van der Waals surface area (Å²) in [5.74, 6) is -2.63. The monoisotopic (exact) mass is 424 g/mol. The minimum atomic E-state index is -0.932. The van der Waals surface area contributed by atoms with Crippen LogP contribution in [-0.2, 0) is 9.59 Å². The number of nitrogens with one attached hydrogen (secondary N) is 2. The number of hydrogen-bond donors (Lipinski definition) is 3. The molecular formula is C21H17FN4O3S. The van der Waals surface area contributed by atoms with Gasteiger partial charge in [-0.1, -0.05) is 23.5 Å². The number of amides is 1. The second-order valence-electron chi connectivity index (χ2n) is 7.51. The van der Waals surface area contributed by atoms with Crippen LogP contribution in [0.1, 0.15) is 6.42 Å². The van der Waals surface area contributed by atoms with E-state index in [9.17, 15) is 19.1 Å². The van der Waals surface area contributed by atoms with Gasteiger partial charge >= 0.3 is 5.97 Å². The number of benzene rings is 1. The number of halogens is 1. The van der Waals surface area contributed by atoms with Gasteiger partial charge in [0.15, 0.2) is 5.13 Å². The maximum absolute atomic E-state index is 13.3. The predicted octanol–water partition coefficient (Wildman–Crippen LogP) is 4.04. The number of allylic oxidation sites excluding steroid dienone is 2.